The Hall–Kier alpha value is -0.780. The molecule has 0 nitrogen and oxygen atoms in total. The van der Waals surface area contributed by atoms with Crippen molar-refractivity contribution in [2.24, 2.45) is 5.92 Å². The summed E-state index contributed by atoms with van der Waals surface area (Å²) >= 11 is 0. The van der Waals surface area contributed by atoms with E-state index in [1.54, 1.807) is 0 Å². The molecule has 0 saturated heterocycles. The maximum Gasteiger partial charge on any atom is -0.0276 e. The van der Waals surface area contributed by atoms with Crippen LogP contribution in [0, 0.1) is 5.92 Å². The van der Waals surface area contributed by atoms with Crippen LogP contribution in [-0.2, 0) is 6.42 Å². The van der Waals surface area contributed by atoms with Crippen LogP contribution in [0.1, 0.15) is 59.9 Å². The molecule has 0 unspecified atom stereocenters. The van der Waals surface area contributed by atoms with E-state index < -0.39 is 0 Å². The Morgan fingerprint density at radius 1 is 0.938 bits per heavy atom. The summed E-state index contributed by atoms with van der Waals surface area (Å²) in [6, 6.07) is 10.7. The second-order valence-electron chi connectivity index (χ2n) is 4.42. The van der Waals surface area contributed by atoms with E-state index in [2.05, 4.69) is 58.0 Å². The minimum Gasteiger partial charge on any atom is -0.0776 e. The second-order valence-corrected chi connectivity index (χ2v) is 4.42. The molecule has 0 heterocycles. The van der Waals surface area contributed by atoms with E-state index in [4.69, 9.17) is 0 Å². The molecule has 0 atom stereocenters. The topological polar surface area (TPSA) is 0 Å². The van der Waals surface area contributed by atoms with Gasteiger partial charge in [-0.2, -0.15) is 0 Å². The van der Waals surface area contributed by atoms with E-state index in [-0.39, 0.29) is 7.43 Å². The van der Waals surface area contributed by atoms with Crippen molar-refractivity contribution in [2.45, 2.75) is 60.8 Å². The van der Waals surface area contributed by atoms with Gasteiger partial charge in [-0.1, -0.05) is 78.3 Å². The smallest absolute Gasteiger partial charge is 0.0276 e. The monoisotopic (exact) mass is 222 g/mol. The molecule has 1 rings (SSSR count). The predicted octanol–water partition coefficient (Wildman–Crippen LogP) is 5.72. The highest BCUT2D eigenvalue weighted by Crippen LogP contribution is 2.07. The maximum absolute atomic E-state index is 2.27. The highest BCUT2D eigenvalue weighted by atomic mass is 14.0. The van der Waals surface area contributed by atoms with Gasteiger partial charge in [0.25, 0.3) is 0 Å². The number of aryl methyl sites for hydroxylation is 1. The number of unbranched alkanes of at least 4 members (excludes halogenated alkanes) is 1. The van der Waals surface area contributed by atoms with Crippen molar-refractivity contribution in [3.8, 4) is 0 Å². The highest BCUT2D eigenvalue weighted by Gasteiger charge is 1.94. The van der Waals surface area contributed by atoms with Gasteiger partial charge < -0.3 is 0 Å². The van der Waals surface area contributed by atoms with Gasteiger partial charge >= 0.3 is 0 Å². The van der Waals surface area contributed by atoms with Crippen LogP contribution in [-0.4, -0.2) is 0 Å². The molecule has 0 N–H and O–H groups in total. The van der Waals surface area contributed by atoms with Gasteiger partial charge in [0, 0.05) is 0 Å². The van der Waals surface area contributed by atoms with Crippen molar-refractivity contribution >= 4 is 0 Å². The molecule has 94 valence electrons. The van der Waals surface area contributed by atoms with Gasteiger partial charge in [0.05, 0.1) is 0 Å². The molecule has 0 spiro atoms. The van der Waals surface area contributed by atoms with E-state index in [0.29, 0.717) is 0 Å². The van der Waals surface area contributed by atoms with Crippen LogP contribution < -0.4 is 0 Å². The van der Waals surface area contributed by atoms with E-state index in [9.17, 15) is 0 Å². The van der Waals surface area contributed by atoms with Gasteiger partial charge in [-0.15, -0.1) is 0 Å². The summed E-state index contributed by atoms with van der Waals surface area (Å²) in [5, 5.41) is 0. The van der Waals surface area contributed by atoms with Crippen molar-refractivity contribution in [3.63, 3.8) is 0 Å². The van der Waals surface area contributed by atoms with Crippen LogP contribution in [0.2, 0.25) is 0 Å². The van der Waals surface area contributed by atoms with Gasteiger partial charge in [0.2, 0.25) is 0 Å². The lowest BCUT2D eigenvalue weighted by molar-refractivity contribution is 0.587. The van der Waals surface area contributed by atoms with Crippen LogP contribution in [0.15, 0.2) is 30.3 Å². The molecule has 0 heteroatoms. The minimum absolute atomic E-state index is 0. The third-order valence-corrected chi connectivity index (χ3v) is 2.35. The molecule has 0 fully saturated rings. The lowest BCUT2D eigenvalue weighted by Gasteiger charge is -2.03. The predicted molar refractivity (Wildman–Crippen MR) is 76.9 cm³/mol. The Balaban J connectivity index is 0. The molecule has 1 aromatic carbocycles. The van der Waals surface area contributed by atoms with Gasteiger partial charge in [0.15, 0.2) is 0 Å². The molecule has 0 saturated carbocycles. The highest BCUT2D eigenvalue weighted by molar-refractivity contribution is 5.14. The normalized spacial score (nSPS) is 9.06. The molecular formula is C16H30. The molecule has 16 heavy (non-hydrogen) atoms. The standard InChI is InChI=1S/C11H16.C4H10.CH4/c1-10(2)8-9-11-6-4-3-5-7-11;1-3-4-2;/h3-7,10H,8-9H2,1-2H3;3-4H2,1-2H3;1H4. The Morgan fingerprint density at radius 2 is 1.44 bits per heavy atom. The zero-order chi connectivity index (χ0) is 11.5. The van der Waals surface area contributed by atoms with Gasteiger partial charge in [-0.05, 0) is 24.3 Å². The first kappa shape index (κ1) is 17.6. The van der Waals surface area contributed by atoms with Gasteiger partial charge in [-0.25, -0.2) is 0 Å². The fourth-order valence-electron chi connectivity index (χ4n) is 1.10. The van der Waals surface area contributed by atoms with Gasteiger partial charge in [-0.3, -0.25) is 0 Å². The minimum atomic E-state index is 0. The molecule has 1 aromatic rings. The molecule has 0 bridgehead atoms. The Labute approximate surface area is 103 Å². The number of rotatable bonds is 4. The maximum atomic E-state index is 2.27. The first-order valence-corrected chi connectivity index (χ1v) is 6.24. The molecule has 0 amide bonds. The zero-order valence-electron chi connectivity index (χ0n) is 10.8. The quantitative estimate of drug-likeness (QED) is 0.611. The summed E-state index contributed by atoms with van der Waals surface area (Å²) < 4.78 is 0. The number of hydrogen-bond donors (Lipinski definition) is 0. The summed E-state index contributed by atoms with van der Waals surface area (Å²) in [6.07, 6.45) is 5.16. The average Bonchev–Trinajstić information content (AvgIpc) is 2.28. The summed E-state index contributed by atoms with van der Waals surface area (Å²) in [4.78, 5) is 0. The van der Waals surface area contributed by atoms with Crippen LogP contribution in [0.25, 0.3) is 0 Å². The SMILES string of the molecule is C.CC(C)CCc1ccccc1.CCCC. The fraction of sp³-hybridized carbons (Fsp3) is 0.625. The number of benzene rings is 1. The Morgan fingerprint density at radius 3 is 1.81 bits per heavy atom. The Kier molecular flexibility index (Phi) is 13.5. The van der Waals surface area contributed by atoms with E-state index in [1.807, 2.05) is 0 Å². The Bertz CT molecular complexity index is 209. The average molecular weight is 222 g/mol. The van der Waals surface area contributed by atoms with Crippen molar-refractivity contribution in [3.05, 3.63) is 35.9 Å². The van der Waals surface area contributed by atoms with Gasteiger partial charge in [0.1, 0.15) is 0 Å². The van der Waals surface area contributed by atoms with E-state index in [0.717, 1.165) is 5.92 Å². The third-order valence-electron chi connectivity index (χ3n) is 2.35. The first-order chi connectivity index (χ1) is 7.20. The van der Waals surface area contributed by atoms with Crippen molar-refractivity contribution < 1.29 is 0 Å². The zero-order valence-corrected chi connectivity index (χ0v) is 10.8. The van der Waals surface area contributed by atoms with E-state index >= 15 is 0 Å². The van der Waals surface area contributed by atoms with Crippen molar-refractivity contribution in [1.29, 1.82) is 0 Å². The third kappa shape index (κ3) is 11.3. The first-order valence-electron chi connectivity index (χ1n) is 6.24. The van der Waals surface area contributed by atoms with Crippen LogP contribution in [0.5, 0.6) is 0 Å². The number of hydrogen-bond acceptors (Lipinski definition) is 0. The van der Waals surface area contributed by atoms with E-state index in [1.165, 1.54) is 31.2 Å². The van der Waals surface area contributed by atoms with Crippen LogP contribution in [0.3, 0.4) is 0 Å². The molecular weight excluding hydrogens is 192 g/mol. The molecule has 0 aliphatic carbocycles. The second kappa shape index (κ2) is 12.3. The molecule has 0 aromatic heterocycles. The summed E-state index contributed by atoms with van der Waals surface area (Å²) in [6.45, 7) is 8.89. The van der Waals surface area contributed by atoms with Crippen LogP contribution >= 0.6 is 0 Å². The largest absolute Gasteiger partial charge is 0.0776 e. The van der Waals surface area contributed by atoms with Crippen LogP contribution in [0.4, 0.5) is 0 Å². The lowest BCUT2D eigenvalue weighted by atomic mass is 10.0. The fourth-order valence-corrected chi connectivity index (χ4v) is 1.10. The lowest BCUT2D eigenvalue weighted by Crippen LogP contribution is -1.91. The van der Waals surface area contributed by atoms with Crippen molar-refractivity contribution in [2.75, 3.05) is 0 Å². The summed E-state index contributed by atoms with van der Waals surface area (Å²) in [5.41, 5.74) is 1.46. The molecule has 0 radical (unpaired) electrons. The summed E-state index contributed by atoms with van der Waals surface area (Å²) in [5.74, 6) is 0.815. The molecule has 0 aliphatic rings. The van der Waals surface area contributed by atoms with Crippen molar-refractivity contribution in [1.82, 2.24) is 0 Å². The molecule has 0 aliphatic heterocycles. The summed E-state index contributed by atoms with van der Waals surface area (Å²) in [7, 11) is 0.